The number of benzene rings is 3. The average molecular weight is 897 g/mol. The van der Waals surface area contributed by atoms with Crippen molar-refractivity contribution in [1.29, 1.82) is 0 Å². The van der Waals surface area contributed by atoms with Crippen molar-refractivity contribution < 1.29 is 9.53 Å². The molecule has 60 heavy (non-hydrogen) atoms. The van der Waals surface area contributed by atoms with E-state index < -0.39 is 5.60 Å². The molecular weight excluding hydrogens is 821 g/mol. The highest BCUT2D eigenvalue weighted by Crippen LogP contribution is 2.57. The summed E-state index contributed by atoms with van der Waals surface area (Å²) in [6.07, 6.45) is 19.9. The monoisotopic (exact) mass is 895 g/mol. The zero-order valence-electron chi connectivity index (χ0n) is 38.5. The molecule has 4 aromatic rings. The zero-order chi connectivity index (χ0) is 43.0. The van der Waals surface area contributed by atoms with Crippen LogP contribution in [0.3, 0.4) is 0 Å². The van der Waals surface area contributed by atoms with Crippen LogP contribution >= 0.6 is 23.9 Å². The molecule has 3 aromatic carbocycles. The topological polar surface area (TPSA) is 54.5 Å². The summed E-state index contributed by atoms with van der Waals surface area (Å²) in [5.74, 6) is 1.64. The van der Waals surface area contributed by atoms with Crippen molar-refractivity contribution in [2.75, 3.05) is 13.1 Å². The number of pyridine rings is 1. The number of hydrogen-bond donors (Lipinski definition) is 1. The Kier molecular flexibility index (Phi) is 16.8. The fourth-order valence-corrected chi connectivity index (χ4v) is 14.2. The second-order valence-electron chi connectivity index (χ2n) is 19.9. The number of nitrogens with one attached hydrogen (secondary N) is 1. The summed E-state index contributed by atoms with van der Waals surface area (Å²) in [4.78, 5) is 18.5. The minimum absolute atomic E-state index is 0.120. The molecule has 7 rings (SSSR count). The van der Waals surface area contributed by atoms with Crippen LogP contribution in [0.2, 0.25) is 0 Å². The third kappa shape index (κ3) is 12.4. The number of rotatable bonds is 10. The number of halogens is 1. The molecule has 2 aliphatic carbocycles. The van der Waals surface area contributed by atoms with Gasteiger partial charge in [-0.25, -0.2) is 4.79 Å². The van der Waals surface area contributed by atoms with Crippen molar-refractivity contribution in [2.24, 2.45) is 0 Å². The van der Waals surface area contributed by atoms with Crippen molar-refractivity contribution in [1.82, 2.24) is 15.2 Å². The smallest absolute Gasteiger partial charge is 0.407 e. The maximum absolute atomic E-state index is 11.9. The van der Waals surface area contributed by atoms with E-state index in [0.717, 1.165) is 53.7 Å². The summed E-state index contributed by atoms with van der Waals surface area (Å²) in [7, 11) is -0.120. The number of amides is 1. The van der Waals surface area contributed by atoms with Crippen molar-refractivity contribution in [2.45, 2.75) is 187 Å². The predicted molar refractivity (Wildman–Crippen MR) is 262 cm³/mol. The number of aromatic nitrogens is 1. The standard InChI is InChI=1S/C33H49P.C20H26BrN3O2/c1-23(2)26-21-30(24(3)4)33(31(22-26)25(5)6)29-19-13-14-20-32(29)34(27-15-9-7-10-16-27)28-17-11-8-12-18-28;1-20(2,3)26-19(25)23-16-6-8-24(9-7-16)13-14-4-5-15-11-22-12-18(21)17(15)10-14/h13-14,19-25,27-28H,7-12,15-18H2,1-6H3;4-5,10-12,16H,6-9,13H2,1-3H3,(H,23,25). The number of fused-ring (bicyclic) bond motifs is 1. The average Bonchev–Trinajstić information content (AvgIpc) is 3.22. The van der Waals surface area contributed by atoms with E-state index in [1.54, 1.807) is 27.6 Å². The van der Waals surface area contributed by atoms with Gasteiger partial charge in [0.05, 0.1) is 0 Å². The van der Waals surface area contributed by atoms with Crippen molar-refractivity contribution >= 4 is 46.0 Å². The molecule has 0 atom stereocenters. The summed E-state index contributed by atoms with van der Waals surface area (Å²) in [5.41, 5.74) is 10.6. The summed E-state index contributed by atoms with van der Waals surface area (Å²) in [5, 5.41) is 7.07. The Labute approximate surface area is 373 Å². The van der Waals surface area contributed by atoms with Gasteiger partial charge >= 0.3 is 6.09 Å². The van der Waals surface area contributed by atoms with Crippen LogP contribution in [-0.4, -0.2) is 52.0 Å². The molecule has 1 saturated heterocycles. The first-order valence-electron chi connectivity index (χ1n) is 23.5. The highest BCUT2D eigenvalue weighted by atomic mass is 79.9. The van der Waals surface area contributed by atoms with Crippen LogP contribution in [0.5, 0.6) is 0 Å². The predicted octanol–water partition coefficient (Wildman–Crippen LogP) is 15.0. The van der Waals surface area contributed by atoms with Gasteiger partial charge < -0.3 is 10.1 Å². The SMILES string of the molecule is CC(C)(C)OC(=O)NC1CCN(Cc2ccc3cncc(Br)c3c2)CC1.CC(C)c1cc(C(C)C)c(-c2ccccc2P(C2CCCCC2)C2CCCCC2)c(C(C)C)c1. The Hall–Kier alpha value is -2.79. The van der Waals surface area contributed by atoms with E-state index in [-0.39, 0.29) is 20.1 Å². The molecule has 5 nitrogen and oxygen atoms in total. The first-order chi connectivity index (χ1) is 28.7. The van der Waals surface area contributed by atoms with Crippen LogP contribution < -0.4 is 10.6 Å². The lowest BCUT2D eigenvalue weighted by atomic mass is 9.82. The molecule has 0 radical (unpaired) electrons. The second-order valence-corrected chi connectivity index (χ2v) is 23.5. The van der Waals surface area contributed by atoms with E-state index in [2.05, 4.69) is 127 Å². The lowest BCUT2D eigenvalue weighted by Crippen LogP contribution is -2.45. The van der Waals surface area contributed by atoms with Crippen LogP contribution in [0.25, 0.3) is 21.9 Å². The number of carbonyl (C=O) groups excluding carboxylic acids is 1. The molecule has 3 fully saturated rings. The number of likely N-dealkylation sites (tertiary alicyclic amines) is 1. The molecule has 3 aliphatic rings. The van der Waals surface area contributed by atoms with Crippen LogP contribution in [0.1, 0.15) is 179 Å². The molecule has 0 spiro atoms. The highest BCUT2D eigenvalue weighted by molar-refractivity contribution is 9.10. The van der Waals surface area contributed by atoms with Crippen molar-refractivity contribution in [3.63, 3.8) is 0 Å². The molecule has 1 amide bonds. The second kappa shape index (κ2) is 21.5. The summed E-state index contributed by atoms with van der Waals surface area (Å²) in [6, 6.07) is 21.6. The van der Waals surface area contributed by atoms with E-state index in [1.165, 1.54) is 80.7 Å². The maximum atomic E-state index is 11.9. The third-order valence-electron chi connectivity index (χ3n) is 13.0. The molecule has 1 N–H and O–H groups in total. The van der Waals surface area contributed by atoms with Gasteiger partial charge in [-0.2, -0.15) is 0 Å². The van der Waals surface area contributed by atoms with Crippen molar-refractivity contribution in [3.8, 4) is 11.1 Å². The summed E-state index contributed by atoms with van der Waals surface area (Å²) >= 11 is 3.58. The summed E-state index contributed by atoms with van der Waals surface area (Å²) in [6.45, 7) is 22.8. The molecule has 1 aromatic heterocycles. The lowest BCUT2D eigenvalue weighted by molar-refractivity contribution is 0.0477. The van der Waals surface area contributed by atoms with Crippen molar-refractivity contribution in [3.05, 3.63) is 93.7 Å². The van der Waals surface area contributed by atoms with Gasteiger partial charge in [0.15, 0.2) is 0 Å². The van der Waals surface area contributed by atoms with Gasteiger partial charge in [-0.15, -0.1) is 0 Å². The van der Waals surface area contributed by atoms with Gasteiger partial charge in [0.1, 0.15) is 5.60 Å². The largest absolute Gasteiger partial charge is 0.444 e. The Morgan fingerprint density at radius 2 is 1.37 bits per heavy atom. The quantitative estimate of drug-likeness (QED) is 0.161. The van der Waals surface area contributed by atoms with Gasteiger partial charge in [0.25, 0.3) is 0 Å². The Morgan fingerprint density at radius 3 is 1.92 bits per heavy atom. The normalized spacial score (nSPS) is 17.7. The minimum atomic E-state index is -0.454. The lowest BCUT2D eigenvalue weighted by Gasteiger charge is -2.40. The van der Waals surface area contributed by atoms with Gasteiger partial charge in [0, 0.05) is 47.9 Å². The molecule has 1 aliphatic heterocycles. The van der Waals surface area contributed by atoms with Gasteiger partial charge in [-0.1, -0.05) is 137 Å². The Morgan fingerprint density at radius 1 is 0.783 bits per heavy atom. The molecule has 2 saturated carbocycles. The van der Waals surface area contributed by atoms with Crippen LogP contribution in [-0.2, 0) is 11.3 Å². The van der Waals surface area contributed by atoms with Crippen LogP contribution in [0.4, 0.5) is 4.79 Å². The van der Waals surface area contributed by atoms with E-state index in [1.807, 2.05) is 33.2 Å². The molecule has 0 unspecified atom stereocenters. The number of carbonyl (C=O) groups is 1. The number of ether oxygens (including phenoxy) is 1. The van der Waals surface area contributed by atoms with E-state index >= 15 is 0 Å². The fraction of sp³-hybridized carbons (Fsp3) is 0.585. The Bertz CT molecular complexity index is 1950. The van der Waals surface area contributed by atoms with Crippen LogP contribution in [0.15, 0.2) is 71.5 Å². The van der Waals surface area contributed by atoms with E-state index in [4.69, 9.17) is 4.74 Å². The fourth-order valence-electron chi connectivity index (χ4n) is 9.83. The highest BCUT2D eigenvalue weighted by Gasteiger charge is 2.34. The first kappa shape index (κ1) is 46.7. The number of piperidine rings is 1. The third-order valence-corrected chi connectivity index (χ3v) is 17.2. The Balaban J connectivity index is 0.000000209. The molecule has 2 heterocycles. The number of hydrogen-bond acceptors (Lipinski definition) is 4. The minimum Gasteiger partial charge on any atom is -0.444 e. The molecule has 0 bridgehead atoms. The zero-order valence-corrected chi connectivity index (χ0v) is 40.9. The molecule has 7 heteroatoms. The van der Waals surface area contributed by atoms with Gasteiger partial charge in [0.2, 0.25) is 0 Å². The van der Waals surface area contributed by atoms with Gasteiger partial charge in [-0.3, -0.25) is 9.88 Å². The number of alkyl carbamates (subject to hydrolysis) is 1. The molecular formula is C53H75BrN3O2P. The number of nitrogens with zero attached hydrogens (tertiary/aromatic N) is 2. The van der Waals surface area contributed by atoms with Gasteiger partial charge in [-0.05, 0) is 154 Å². The first-order valence-corrected chi connectivity index (χ1v) is 25.7. The van der Waals surface area contributed by atoms with E-state index in [9.17, 15) is 4.79 Å². The van der Waals surface area contributed by atoms with Crippen LogP contribution in [0, 0.1) is 0 Å². The maximum Gasteiger partial charge on any atom is 0.407 e. The summed E-state index contributed by atoms with van der Waals surface area (Å²) < 4.78 is 6.37. The van der Waals surface area contributed by atoms with E-state index in [0.29, 0.717) is 17.8 Å². The molecule has 326 valence electrons.